The lowest BCUT2D eigenvalue weighted by Gasteiger charge is -2.05. The number of aromatic nitrogens is 8. The van der Waals surface area contributed by atoms with Crippen molar-refractivity contribution in [2.24, 2.45) is 4.99 Å². The van der Waals surface area contributed by atoms with Crippen molar-refractivity contribution in [3.05, 3.63) is 63.3 Å². The van der Waals surface area contributed by atoms with Gasteiger partial charge in [0.15, 0.2) is 5.65 Å². The van der Waals surface area contributed by atoms with Crippen molar-refractivity contribution >= 4 is 22.8 Å². The number of hydrogen-bond acceptors (Lipinski definition) is 7. The Morgan fingerprint density at radius 1 is 1.19 bits per heavy atom. The quantitative estimate of drug-likeness (QED) is 0.382. The maximum Gasteiger partial charge on any atom is 0.326 e. The van der Waals surface area contributed by atoms with Crippen molar-refractivity contribution in [2.75, 3.05) is 0 Å². The fourth-order valence-corrected chi connectivity index (χ4v) is 3.57. The van der Waals surface area contributed by atoms with Crippen LogP contribution in [0.25, 0.3) is 28.7 Å². The molecule has 0 atom stereocenters. The van der Waals surface area contributed by atoms with Crippen molar-refractivity contribution in [3.63, 3.8) is 0 Å². The molecule has 6 rings (SSSR count). The van der Waals surface area contributed by atoms with E-state index in [1.54, 1.807) is 16.8 Å². The van der Waals surface area contributed by atoms with E-state index in [1.807, 2.05) is 35.8 Å². The van der Waals surface area contributed by atoms with Crippen LogP contribution in [0.15, 0.2) is 40.2 Å². The second-order valence-electron chi connectivity index (χ2n) is 7.49. The van der Waals surface area contributed by atoms with Gasteiger partial charge in [-0.2, -0.15) is 19.6 Å². The molecule has 3 N–H and O–H groups in total. The van der Waals surface area contributed by atoms with Crippen LogP contribution >= 0.6 is 0 Å². The van der Waals surface area contributed by atoms with E-state index in [0.29, 0.717) is 22.4 Å². The van der Waals surface area contributed by atoms with Crippen LogP contribution in [0.5, 0.6) is 5.88 Å². The lowest BCUT2D eigenvalue weighted by molar-refractivity contribution is 0.454. The number of H-pyrrole nitrogens is 2. The Kier molecular flexibility index (Phi) is 3.60. The number of nitrogens with one attached hydrogen (secondary N) is 2. The van der Waals surface area contributed by atoms with Crippen LogP contribution in [-0.2, 0) is 0 Å². The molecule has 0 radical (unpaired) electrons. The number of para-hydroxylation sites is 2. The summed E-state index contributed by atoms with van der Waals surface area (Å²) in [7, 11) is 0. The number of aryl methyl sites for hydroxylation is 1. The van der Waals surface area contributed by atoms with E-state index in [1.165, 1.54) is 0 Å². The summed E-state index contributed by atoms with van der Waals surface area (Å²) in [6, 6.07) is 8.01. The molecule has 31 heavy (non-hydrogen) atoms. The first-order valence-corrected chi connectivity index (χ1v) is 9.84. The van der Waals surface area contributed by atoms with Crippen molar-refractivity contribution in [3.8, 4) is 11.8 Å². The van der Waals surface area contributed by atoms with E-state index in [2.05, 4.69) is 20.1 Å². The molecule has 4 aromatic heterocycles. The molecular formula is C20H17N9O2. The van der Waals surface area contributed by atoms with Crippen molar-refractivity contribution in [2.45, 2.75) is 25.8 Å². The molecule has 11 nitrogen and oxygen atoms in total. The Bertz CT molecular complexity index is 1650. The summed E-state index contributed by atoms with van der Waals surface area (Å²) in [5.41, 5.74) is 2.43. The highest BCUT2D eigenvalue weighted by Crippen LogP contribution is 2.22. The Hall–Kier alpha value is -4.28. The molecule has 1 aliphatic carbocycles. The Labute approximate surface area is 173 Å². The minimum atomic E-state index is -0.500. The average molecular weight is 415 g/mol. The third-order valence-electron chi connectivity index (χ3n) is 5.17. The van der Waals surface area contributed by atoms with E-state index >= 15 is 0 Å². The third kappa shape index (κ3) is 2.89. The summed E-state index contributed by atoms with van der Waals surface area (Å²) in [6.45, 7) is 1.90. The van der Waals surface area contributed by atoms with E-state index in [-0.39, 0.29) is 17.6 Å². The van der Waals surface area contributed by atoms with Crippen molar-refractivity contribution < 1.29 is 5.11 Å². The molecule has 0 amide bonds. The maximum atomic E-state index is 11.5. The Morgan fingerprint density at radius 2 is 2.03 bits per heavy atom. The summed E-state index contributed by atoms with van der Waals surface area (Å²) in [5.74, 6) is 0.929. The highest BCUT2D eigenvalue weighted by atomic mass is 16.3. The second kappa shape index (κ2) is 6.36. The fraction of sp³-hybridized carbons (Fsp3) is 0.200. The van der Waals surface area contributed by atoms with E-state index in [9.17, 15) is 9.90 Å². The average Bonchev–Trinajstić information content (AvgIpc) is 3.23. The topological polar surface area (TPSA) is 142 Å². The van der Waals surface area contributed by atoms with Gasteiger partial charge in [-0.1, -0.05) is 12.1 Å². The van der Waals surface area contributed by atoms with Gasteiger partial charge >= 0.3 is 5.69 Å². The number of imidazole rings is 2. The van der Waals surface area contributed by atoms with Crippen LogP contribution in [0.4, 0.5) is 0 Å². The lowest BCUT2D eigenvalue weighted by Crippen LogP contribution is -2.25. The van der Waals surface area contributed by atoms with E-state index in [4.69, 9.17) is 15.0 Å². The molecule has 0 saturated heterocycles. The minimum Gasteiger partial charge on any atom is -0.493 e. The third-order valence-corrected chi connectivity index (χ3v) is 5.17. The molecule has 0 aliphatic heterocycles. The molecule has 0 unspecified atom stereocenters. The number of aromatic hydroxyl groups is 1. The van der Waals surface area contributed by atoms with Gasteiger partial charge in [0.05, 0.1) is 23.3 Å². The van der Waals surface area contributed by atoms with E-state index in [0.717, 1.165) is 29.7 Å². The van der Waals surface area contributed by atoms with Crippen LogP contribution in [-0.4, -0.2) is 50.2 Å². The molecule has 0 spiro atoms. The van der Waals surface area contributed by atoms with Gasteiger partial charge in [0.25, 0.3) is 5.62 Å². The normalized spacial score (nSPS) is 15.5. The van der Waals surface area contributed by atoms with Gasteiger partial charge in [-0.3, -0.25) is 9.55 Å². The van der Waals surface area contributed by atoms with Gasteiger partial charge in [-0.05, 0) is 38.0 Å². The number of aromatic amines is 2. The first-order chi connectivity index (χ1) is 15.1. The van der Waals surface area contributed by atoms with Gasteiger partial charge in [0.1, 0.15) is 11.5 Å². The van der Waals surface area contributed by atoms with E-state index < -0.39 is 5.69 Å². The van der Waals surface area contributed by atoms with Crippen LogP contribution in [0.2, 0.25) is 0 Å². The van der Waals surface area contributed by atoms with Gasteiger partial charge in [-0.15, -0.1) is 0 Å². The first-order valence-electron chi connectivity index (χ1n) is 9.84. The maximum absolute atomic E-state index is 11.5. The number of hydrogen-bond donors (Lipinski definition) is 3. The summed E-state index contributed by atoms with van der Waals surface area (Å²) in [5, 5.41) is 14.9. The van der Waals surface area contributed by atoms with Gasteiger partial charge in [-0.25, -0.2) is 14.8 Å². The van der Waals surface area contributed by atoms with Gasteiger partial charge < -0.3 is 10.1 Å². The highest BCUT2D eigenvalue weighted by molar-refractivity contribution is 5.77. The number of nitrogens with zero attached hydrogens (tertiary/aromatic N) is 7. The zero-order chi connectivity index (χ0) is 21.1. The number of benzene rings is 1. The Balaban J connectivity index is 1.67. The largest absolute Gasteiger partial charge is 0.493 e. The smallest absolute Gasteiger partial charge is 0.326 e. The molecule has 0 bridgehead atoms. The van der Waals surface area contributed by atoms with Crippen LogP contribution in [0.3, 0.4) is 0 Å². The predicted molar refractivity (Wildman–Crippen MR) is 111 cm³/mol. The lowest BCUT2D eigenvalue weighted by atomic mass is 10.3. The van der Waals surface area contributed by atoms with Crippen molar-refractivity contribution in [1.82, 2.24) is 39.1 Å². The predicted octanol–water partition coefficient (Wildman–Crippen LogP) is 0.104. The zero-order valence-corrected chi connectivity index (χ0v) is 16.4. The van der Waals surface area contributed by atoms with Crippen LogP contribution < -0.4 is 16.5 Å². The summed E-state index contributed by atoms with van der Waals surface area (Å²) in [6.07, 6.45) is 5.24. The number of rotatable bonds is 3. The zero-order valence-electron chi connectivity index (χ0n) is 16.4. The molecule has 154 valence electrons. The standard InChI is InChI=1S/C20H17N9O2/c1-10-22-13-4-2-3-5-15(13)28(10)18-25-16-11(8-14-17(30)26-20(31)24-14)9-21-29(16)19(27-18)23-12-6-7-12/h2-5,8-9,12,30H,6-7H2,1H3,(H2,24,26,31)/b11-8-,23-19?. The van der Waals surface area contributed by atoms with Crippen LogP contribution in [0, 0.1) is 6.92 Å². The Morgan fingerprint density at radius 3 is 2.81 bits per heavy atom. The van der Waals surface area contributed by atoms with Crippen molar-refractivity contribution in [1.29, 1.82) is 0 Å². The van der Waals surface area contributed by atoms with Gasteiger partial charge in [0, 0.05) is 5.22 Å². The highest BCUT2D eigenvalue weighted by Gasteiger charge is 2.21. The molecule has 1 aromatic carbocycles. The molecule has 11 heteroatoms. The molecule has 4 heterocycles. The molecule has 1 fully saturated rings. The summed E-state index contributed by atoms with van der Waals surface area (Å²) in [4.78, 5) is 35.1. The molecular weight excluding hydrogens is 398 g/mol. The molecule has 1 saturated carbocycles. The summed E-state index contributed by atoms with van der Waals surface area (Å²) >= 11 is 0. The first kappa shape index (κ1) is 17.6. The SMILES string of the molecule is Cc1nc2ccccc2n1-c1nc(=NC2CC2)n2nc/c(=C/c3[nH]c(=O)[nH]c3O)c2n1. The fourth-order valence-electron chi connectivity index (χ4n) is 3.57. The van der Waals surface area contributed by atoms with Gasteiger partial charge in [0.2, 0.25) is 11.8 Å². The number of fused-ring (bicyclic) bond motifs is 2. The minimum absolute atomic E-state index is 0.230. The van der Waals surface area contributed by atoms with Crippen LogP contribution in [0.1, 0.15) is 24.4 Å². The second-order valence-corrected chi connectivity index (χ2v) is 7.49. The molecule has 1 aliphatic rings. The monoisotopic (exact) mass is 415 g/mol. The summed E-state index contributed by atoms with van der Waals surface area (Å²) < 4.78 is 3.46. The molecule has 5 aromatic rings.